The molecule has 3 nitrogen and oxygen atoms in total. The minimum Gasteiger partial charge on any atom is -0.344 e. The smallest absolute Gasteiger partial charge is 0.244 e. The van der Waals surface area contributed by atoms with Crippen molar-refractivity contribution in [3.05, 3.63) is 90.0 Å². The highest BCUT2D eigenvalue weighted by Crippen LogP contribution is 2.19. The van der Waals surface area contributed by atoms with Gasteiger partial charge in [0.25, 0.3) is 0 Å². The zero-order valence-corrected chi connectivity index (χ0v) is 15.2. The van der Waals surface area contributed by atoms with Crippen LogP contribution in [0.5, 0.6) is 0 Å². The second-order valence-corrected chi connectivity index (χ2v) is 6.64. The fourth-order valence-corrected chi connectivity index (χ4v) is 3.07. The SMILES string of the molecule is CN(C)CC(NC(=O)C=Cc1cccc2ccccc12)c1ccccc1. The largest absolute Gasteiger partial charge is 0.344 e. The van der Waals surface area contributed by atoms with Crippen LogP contribution in [0.1, 0.15) is 17.2 Å². The molecule has 1 amide bonds. The quantitative estimate of drug-likeness (QED) is 0.677. The number of hydrogen-bond acceptors (Lipinski definition) is 2. The van der Waals surface area contributed by atoms with E-state index in [1.54, 1.807) is 6.08 Å². The van der Waals surface area contributed by atoms with Gasteiger partial charge < -0.3 is 10.2 Å². The van der Waals surface area contributed by atoms with Crippen molar-refractivity contribution in [2.45, 2.75) is 6.04 Å². The van der Waals surface area contributed by atoms with Crippen molar-refractivity contribution in [3.63, 3.8) is 0 Å². The van der Waals surface area contributed by atoms with E-state index in [0.717, 1.165) is 23.1 Å². The zero-order chi connectivity index (χ0) is 18.4. The number of hydrogen-bond donors (Lipinski definition) is 1. The summed E-state index contributed by atoms with van der Waals surface area (Å²) in [6, 6.07) is 24.3. The molecule has 0 bridgehead atoms. The Hall–Kier alpha value is -2.91. The van der Waals surface area contributed by atoms with Crippen molar-refractivity contribution >= 4 is 22.8 Å². The molecule has 0 aliphatic rings. The van der Waals surface area contributed by atoms with Crippen molar-refractivity contribution in [1.82, 2.24) is 10.2 Å². The van der Waals surface area contributed by atoms with E-state index in [1.807, 2.05) is 74.8 Å². The molecule has 1 N–H and O–H groups in total. The van der Waals surface area contributed by atoms with Crippen molar-refractivity contribution in [1.29, 1.82) is 0 Å². The molecule has 132 valence electrons. The van der Waals surface area contributed by atoms with Crippen molar-refractivity contribution in [3.8, 4) is 0 Å². The van der Waals surface area contributed by atoms with Crippen LogP contribution >= 0.6 is 0 Å². The molecule has 0 aliphatic heterocycles. The lowest BCUT2D eigenvalue weighted by atomic mass is 10.0. The average molecular weight is 344 g/mol. The molecule has 0 spiro atoms. The van der Waals surface area contributed by atoms with Crippen LogP contribution in [0.15, 0.2) is 78.9 Å². The molecular formula is C23H24N2O. The summed E-state index contributed by atoms with van der Waals surface area (Å²) in [6.07, 6.45) is 3.50. The van der Waals surface area contributed by atoms with E-state index in [9.17, 15) is 4.79 Å². The van der Waals surface area contributed by atoms with E-state index in [1.165, 1.54) is 5.39 Å². The van der Waals surface area contributed by atoms with Crippen LogP contribution in [-0.2, 0) is 4.79 Å². The van der Waals surface area contributed by atoms with E-state index in [2.05, 4.69) is 28.4 Å². The van der Waals surface area contributed by atoms with Gasteiger partial charge in [0.05, 0.1) is 6.04 Å². The molecule has 0 saturated carbocycles. The van der Waals surface area contributed by atoms with Gasteiger partial charge in [-0.15, -0.1) is 0 Å². The number of carbonyl (C=O) groups is 1. The molecule has 0 aromatic heterocycles. The molecule has 0 heterocycles. The number of likely N-dealkylation sites (N-methyl/N-ethyl adjacent to an activating group) is 1. The fourth-order valence-electron chi connectivity index (χ4n) is 3.07. The number of rotatable bonds is 6. The van der Waals surface area contributed by atoms with Gasteiger partial charge >= 0.3 is 0 Å². The number of nitrogens with zero attached hydrogens (tertiary/aromatic N) is 1. The Balaban J connectivity index is 1.76. The summed E-state index contributed by atoms with van der Waals surface area (Å²) in [5.41, 5.74) is 2.15. The molecule has 3 aromatic carbocycles. The lowest BCUT2D eigenvalue weighted by molar-refractivity contribution is -0.117. The molecule has 0 saturated heterocycles. The third-order valence-corrected chi connectivity index (χ3v) is 4.30. The first kappa shape index (κ1) is 17.9. The number of benzene rings is 3. The highest BCUT2D eigenvalue weighted by molar-refractivity contribution is 5.96. The van der Waals surface area contributed by atoms with E-state index >= 15 is 0 Å². The van der Waals surface area contributed by atoms with Gasteiger partial charge in [-0.25, -0.2) is 0 Å². The van der Waals surface area contributed by atoms with Crippen LogP contribution in [0.2, 0.25) is 0 Å². The highest BCUT2D eigenvalue weighted by atomic mass is 16.1. The van der Waals surface area contributed by atoms with Gasteiger partial charge in [0.2, 0.25) is 5.91 Å². The third-order valence-electron chi connectivity index (χ3n) is 4.30. The number of fused-ring (bicyclic) bond motifs is 1. The summed E-state index contributed by atoms with van der Waals surface area (Å²) in [5.74, 6) is -0.0892. The average Bonchev–Trinajstić information content (AvgIpc) is 2.66. The molecule has 3 heteroatoms. The number of nitrogens with one attached hydrogen (secondary N) is 1. The first-order chi connectivity index (χ1) is 12.6. The highest BCUT2D eigenvalue weighted by Gasteiger charge is 2.14. The maximum atomic E-state index is 12.5. The lowest BCUT2D eigenvalue weighted by Crippen LogP contribution is -2.34. The summed E-state index contributed by atoms with van der Waals surface area (Å²) in [6.45, 7) is 0.748. The van der Waals surface area contributed by atoms with Crippen LogP contribution in [-0.4, -0.2) is 31.4 Å². The number of carbonyl (C=O) groups excluding carboxylic acids is 1. The topological polar surface area (TPSA) is 32.3 Å². The van der Waals surface area contributed by atoms with Crippen LogP contribution in [0, 0.1) is 0 Å². The fraction of sp³-hybridized carbons (Fsp3) is 0.174. The number of amides is 1. The minimum absolute atomic E-state index is 0.0455. The van der Waals surface area contributed by atoms with Crippen molar-refractivity contribution in [2.24, 2.45) is 0 Å². The van der Waals surface area contributed by atoms with Gasteiger partial charge in [0, 0.05) is 12.6 Å². The summed E-state index contributed by atoms with van der Waals surface area (Å²) in [4.78, 5) is 14.6. The van der Waals surface area contributed by atoms with E-state index in [0.29, 0.717) is 0 Å². The summed E-state index contributed by atoms with van der Waals surface area (Å²) in [5, 5.41) is 5.43. The van der Waals surface area contributed by atoms with Crippen LogP contribution in [0.25, 0.3) is 16.8 Å². The molecule has 0 aliphatic carbocycles. The summed E-state index contributed by atoms with van der Waals surface area (Å²) in [7, 11) is 4.02. The van der Waals surface area contributed by atoms with Crippen molar-refractivity contribution in [2.75, 3.05) is 20.6 Å². The first-order valence-corrected chi connectivity index (χ1v) is 8.79. The predicted molar refractivity (Wildman–Crippen MR) is 109 cm³/mol. The molecule has 3 rings (SSSR count). The van der Waals surface area contributed by atoms with Crippen LogP contribution < -0.4 is 5.32 Å². The monoisotopic (exact) mass is 344 g/mol. The van der Waals surface area contributed by atoms with E-state index < -0.39 is 0 Å². The molecule has 0 fully saturated rings. The predicted octanol–water partition coefficient (Wildman–Crippen LogP) is 4.27. The van der Waals surface area contributed by atoms with Gasteiger partial charge in [-0.2, -0.15) is 0 Å². The van der Waals surface area contributed by atoms with Gasteiger partial charge in [-0.3, -0.25) is 4.79 Å². The van der Waals surface area contributed by atoms with Crippen LogP contribution in [0.3, 0.4) is 0 Å². The van der Waals surface area contributed by atoms with Crippen molar-refractivity contribution < 1.29 is 4.79 Å². The Morgan fingerprint density at radius 1 is 0.962 bits per heavy atom. The van der Waals surface area contributed by atoms with Gasteiger partial charge in [-0.05, 0) is 42.1 Å². The second-order valence-electron chi connectivity index (χ2n) is 6.64. The van der Waals surface area contributed by atoms with Gasteiger partial charge in [-0.1, -0.05) is 72.8 Å². The van der Waals surface area contributed by atoms with Gasteiger partial charge in [0.1, 0.15) is 0 Å². The molecular weight excluding hydrogens is 320 g/mol. The second kappa shape index (κ2) is 8.45. The molecule has 3 aromatic rings. The summed E-state index contributed by atoms with van der Waals surface area (Å²) < 4.78 is 0. The minimum atomic E-state index is -0.0892. The Kier molecular flexibility index (Phi) is 5.82. The molecule has 1 unspecified atom stereocenters. The molecule has 0 radical (unpaired) electrons. The molecule has 26 heavy (non-hydrogen) atoms. The maximum Gasteiger partial charge on any atom is 0.244 e. The molecule has 1 atom stereocenters. The van der Waals surface area contributed by atoms with Crippen LogP contribution in [0.4, 0.5) is 0 Å². The normalized spacial score (nSPS) is 12.6. The Bertz CT molecular complexity index is 895. The first-order valence-electron chi connectivity index (χ1n) is 8.79. The van der Waals surface area contributed by atoms with E-state index in [-0.39, 0.29) is 11.9 Å². The van der Waals surface area contributed by atoms with Gasteiger partial charge in [0.15, 0.2) is 0 Å². The maximum absolute atomic E-state index is 12.5. The van der Waals surface area contributed by atoms with E-state index in [4.69, 9.17) is 0 Å². The Labute approximate surface area is 155 Å². The summed E-state index contributed by atoms with van der Waals surface area (Å²) >= 11 is 0. The standard InChI is InChI=1S/C23H24N2O/c1-25(2)17-22(20-10-4-3-5-11-20)24-23(26)16-15-19-13-8-12-18-9-6-7-14-21(18)19/h3-16,22H,17H2,1-2H3,(H,24,26). The third kappa shape index (κ3) is 4.58. The Morgan fingerprint density at radius 3 is 2.42 bits per heavy atom. The zero-order valence-electron chi connectivity index (χ0n) is 15.2. The Morgan fingerprint density at radius 2 is 1.65 bits per heavy atom. The lowest BCUT2D eigenvalue weighted by Gasteiger charge is -2.22.